The van der Waals surface area contributed by atoms with Crippen molar-refractivity contribution >= 4 is 11.8 Å². The Morgan fingerprint density at radius 3 is 2.59 bits per heavy atom. The van der Waals surface area contributed by atoms with E-state index in [-0.39, 0.29) is 17.6 Å². The van der Waals surface area contributed by atoms with Gasteiger partial charge in [-0.1, -0.05) is 19.1 Å². The molecule has 1 aliphatic rings. The monoisotopic (exact) mass is 372 g/mol. The first-order chi connectivity index (χ1) is 13.1. The molecule has 0 bridgehead atoms. The third kappa shape index (κ3) is 4.53. The Morgan fingerprint density at radius 1 is 1.11 bits per heavy atom. The summed E-state index contributed by atoms with van der Waals surface area (Å²) in [4.78, 5) is 29.4. The van der Waals surface area contributed by atoms with Crippen molar-refractivity contribution in [2.24, 2.45) is 0 Å². The molecule has 0 atom stereocenters. The zero-order valence-electron chi connectivity index (χ0n) is 15.6. The molecule has 0 radical (unpaired) electrons. The fraction of sp³-hybridized carbons (Fsp3) is 0.450. The topological polar surface area (TPSA) is 76.0 Å². The molecule has 0 fully saturated rings. The highest BCUT2D eigenvalue weighted by Gasteiger charge is 2.27. The van der Waals surface area contributed by atoms with E-state index in [0.717, 1.165) is 36.9 Å². The molecule has 2 amide bonds. The van der Waals surface area contributed by atoms with Crippen LogP contribution in [-0.4, -0.2) is 34.5 Å². The highest BCUT2D eigenvalue weighted by Crippen LogP contribution is 2.21. The van der Waals surface area contributed by atoms with Crippen LogP contribution in [0.1, 0.15) is 58.6 Å². The molecule has 2 N–H and O–H groups in total. The van der Waals surface area contributed by atoms with Crippen molar-refractivity contribution in [1.82, 2.24) is 20.2 Å². The van der Waals surface area contributed by atoms with Gasteiger partial charge in [0.1, 0.15) is 11.5 Å². The molecule has 0 spiro atoms. The number of aromatic nitrogens is 2. The Kier molecular flexibility index (Phi) is 6.21. The molecule has 2 heterocycles. The maximum Gasteiger partial charge on any atom is 0.287 e. The van der Waals surface area contributed by atoms with Crippen LogP contribution in [0.2, 0.25) is 0 Å². The Bertz CT molecular complexity index is 814. The van der Waals surface area contributed by atoms with Crippen molar-refractivity contribution in [2.45, 2.75) is 45.6 Å². The minimum atomic E-state index is -0.283. The second-order valence-corrected chi connectivity index (χ2v) is 6.73. The average Bonchev–Trinajstić information content (AvgIpc) is 3.07. The molecule has 0 unspecified atom stereocenters. The molecule has 2 aromatic rings. The summed E-state index contributed by atoms with van der Waals surface area (Å²) in [6.45, 7) is 3.70. The van der Waals surface area contributed by atoms with Crippen LogP contribution in [0.3, 0.4) is 0 Å². The lowest BCUT2D eigenvalue weighted by molar-refractivity contribution is 0.0938. The molecule has 6 nitrogen and oxygen atoms in total. The number of fused-ring (bicyclic) bond motifs is 1. The summed E-state index contributed by atoms with van der Waals surface area (Å²) >= 11 is 0. The summed E-state index contributed by atoms with van der Waals surface area (Å²) in [5, 5.41) is 5.70. The minimum Gasteiger partial charge on any atom is -0.351 e. The van der Waals surface area contributed by atoms with E-state index in [0.29, 0.717) is 37.6 Å². The van der Waals surface area contributed by atoms with Crippen LogP contribution in [0.15, 0.2) is 24.3 Å². The highest BCUT2D eigenvalue weighted by molar-refractivity contribution is 5.97. The molecule has 144 valence electrons. The first-order valence-corrected chi connectivity index (χ1v) is 9.50. The predicted molar refractivity (Wildman–Crippen MR) is 100 cm³/mol. The molecule has 7 heteroatoms. The Labute approximate surface area is 158 Å². The van der Waals surface area contributed by atoms with Crippen LogP contribution in [0, 0.1) is 5.82 Å². The van der Waals surface area contributed by atoms with Crippen LogP contribution < -0.4 is 10.6 Å². The van der Waals surface area contributed by atoms with E-state index in [1.165, 1.54) is 12.1 Å². The number of carbonyl (C=O) groups excluding carboxylic acids is 2. The number of rotatable bonds is 7. The first kappa shape index (κ1) is 19.1. The molecule has 0 saturated carbocycles. The van der Waals surface area contributed by atoms with Crippen LogP contribution in [-0.2, 0) is 19.4 Å². The summed E-state index contributed by atoms with van der Waals surface area (Å²) in [5.74, 6) is -0.478. The number of amides is 2. The van der Waals surface area contributed by atoms with Crippen LogP contribution in [0.25, 0.3) is 0 Å². The summed E-state index contributed by atoms with van der Waals surface area (Å²) in [6.07, 6.45) is 4.16. The van der Waals surface area contributed by atoms with Gasteiger partial charge in [0.25, 0.3) is 11.8 Å². The zero-order valence-corrected chi connectivity index (χ0v) is 15.6. The Morgan fingerprint density at radius 2 is 1.85 bits per heavy atom. The third-order valence-electron chi connectivity index (χ3n) is 4.68. The number of benzene rings is 1. The Balaban J connectivity index is 1.69. The lowest BCUT2D eigenvalue weighted by Gasteiger charge is -2.17. The van der Waals surface area contributed by atoms with E-state index >= 15 is 0 Å². The molecule has 1 aromatic carbocycles. The average molecular weight is 372 g/mol. The predicted octanol–water partition coefficient (Wildman–Crippen LogP) is 2.47. The fourth-order valence-electron chi connectivity index (χ4n) is 3.27. The third-order valence-corrected chi connectivity index (χ3v) is 4.68. The van der Waals surface area contributed by atoms with Gasteiger partial charge in [-0.05, 0) is 49.8 Å². The van der Waals surface area contributed by atoms with Gasteiger partial charge in [-0.2, -0.15) is 0 Å². The van der Waals surface area contributed by atoms with Gasteiger partial charge in [0, 0.05) is 19.6 Å². The lowest BCUT2D eigenvalue weighted by Crippen LogP contribution is -2.29. The van der Waals surface area contributed by atoms with Gasteiger partial charge in [0.15, 0.2) is 5.82 Å². The normalized spacial score (nSPS) is 13.1. The van der Waals surface area contributed by atoms with Crippen LogP contribution >= 0.6 is 0 Å². The Hall–Kier alpha value is -2.70. The van der Waals surface area contributed by atoms with Crippen LogP contribution in [0.5, 0.6) is 0 Å². The smallest absolute Gasteiger partial charge is 0.287 e. The van der Waals surface area contributed by atoms with Gasteiger partial charge in [-0.25, -0.2) is 9.37 Å². The number of carbonyl (C=O) groups is 2. The maximum atomic E-state index is 13.0. The van der Waals surface area contributed by atoms with Crippen molar-refractivity contribution in [2.75, 3.05) is 13.1 Å². The van der Waals surface area contributed by atoms with Gasteiger partial charge in [-0.15, -0.1) is 0 Å². The van der Waals surface area contributed by atoms with Gasteiger partial charge in [0.2, 0.25) is 0 Å². The molecule has 1 aromatic heterocycles. The quantitative estimate of drug-likeness (QED) is 0.784. The summed E-state index contributed by atoms with van der Waals surface area (Å²) in [5.41, 5.74) is 2.16. The van der Waals surface area contributed by atoms with Crippen molar-refractivity contribution in [1.29, 1.82) is 0 Å². The number of nitrogens with one attached hydrogen (secondary N) is 2. The second kappa shape index (κ2) is 8.79. The molecular weight excluding hydrogens is 347 g/mol. The molecule has 0 saturated heterocycles. The molecular formula is C20H25FN4O2. The van der Waals surface area contributed by atoms with Gasteiger partial charge in [0.05, 0.1) is 5.69 Å². The number of hydrogen-bond donors (Lipinski definition) is 2. The standard InChI is InChI=1S/C20H25FN4O2/c1-2-11-22-19(26)17-16-5-3-4-13-25(16)18(24-17)20(27)23-12-10-14-6-8-15(21)9-7-14/h6-9H,2-5,10-13H2,1H3,(H,22,26)(H,23,27). The first-order valence-electron chi connectivity index (χ1n) is 9.50. The van der Waals surface area contributed by atoms with E-state index in [1.54, 1.807) is 12.1 Å². The van der Waals surface area contributed by atoms with Crippen molar-refractivity contribution in [3.63, 3.8) is 0 Å². The molecule has 3 rings (SSSR count). The molecule has 0 aliphatic carbocycles. The van der Waals surface area contributed by atoms with E-state index < -0.39 is 0 Å². The summed E-state index contributed by atoms with van der Waals surface area (Å²) < 4.78 is 14.8. The number of imidazole rings is 1. The van der Waals surface area contributed by atoms with Crippen molar-refractivity contribution in [3.05, 3.63) is 52.9 Å². The number of hydrogen-bond acceptors (Lipinski definition) is 3. The van der Waals surface area contributed by atoms with Crippen molar-refractivity contribution < 1.29 is 14.0 Å². The SMILES string of the molecule is CCCNC(=O)c1nc(C(=O)NCCc2ccc(F)cc2)n2c1CCCC2. The van der Waals surface area contributed by atoms with Gasteiger partial charge in [-0.3, -0.25) is 9.59 Å². The summed E-state index contributed by atoms with van der Waals surface area (Å²) in [7, 11) is 0. The van der Waals surface area contributed by atoms with E-state index in [2.05, 4.69) is 15.6 Å². The highest BCUT2D eigenvalue weighted by atomic mass is 19.1. The van der Waals surface area contributed by atoms with E-state index in [4.69, 9.17) is 0 Å². The summed E-state index contributed by atoms with van der Waals surface area (Å²) in [6, 6.07) is 6.22. The number of nitrogens with zero attached hydrogens (tertiary/aromatic N) is 2. The minimum absolute atomic E-state index is 0.215. The van der Waals surface area contributed by atoms with Gasteiger partial charge >= 0.3 is 0 Å². The second-order valence-electron chi connectivity index (χ2n) is 6.73. The van der Waals surface area contributed by atoms with E-state index in [9.17, 15) is 14.0 Å². The lowest BCUT2D eigenvalue weighted by atomic mass is 10.1. The maximum absolute atomic E-state index is 13.0. The van der Waals surface area contributed by atoms with E-state index in [1.807, 2.05) is 11.5 Å². The zero-order chi connectivity index (χ0) is 19.2. The molecule has 1 aliphatic heterocycles. The van der Waals surface area contributed by atoms with Crippen LogP contribution in [0.4, 0.5) is 4.39 Å². The van der Waals surface area contributed by atoms with Gasteiger partial charge < -0.3 is 15.2 Å². The van der Waals surface area contributed by atoms with Crippen molar-refractivity contribution in [3.8, 4) is 0 Å². The molecule has 27 heavy (non-hydrogen) atoms. The largest absolute Gasteiger partial charge is 0.351 e. The number of halogens is 1. The fourth-order valence-corrected chi connectivity index (χ4v) is 3.27.